The number of pyridine rings is 1. The molecule has 27 heavy (non-hydrogen) atoms. The Morgan fingerprint density at radius 3 is 2.81 bits per heavy atom. The third kappa shape index (κ3) is 3.26. The van der Waals surface area contributed by atoms with Crippen LogP contribution in [0.2, 0.25) is 0 Å². The van der Waals surface area contributed by atoms with Crippen molar-refractivity contribution in [2.75, 3.05) is 13.1 Å². The van der Waals surface area contributed by atoms with Crippen molar-refractivity contribution >= 4 is 11.6 Å². The van der Waals surface area contributed by atoms with Gasteiger partial charge in [0.2, 0.25) is 5.76 Å². The van der Waals surface area contributed by atoms with E-state index in [9.17, 15) is 18.0 Å². The molecular weight excluding hydrogens is 363 g/mol. The number of fused-ring (bicyclic) bond motifs is 1. The maximum atomic E-state index is 13.0. The van der Waals surface area contributed by atoms with E-state index in [4.69, 9.17) is 4.52 Å². The van der Waals surface area contributed by atoms with Crippen LogP contribution in [0.15, 0.2) is 28.9 Å². The van der Waals surface area contributed by atoms with E-state index in [1.807, 2.05) is 0 Å². The van der Waals surface area contributed by atoms with Crippen LogP contribution >= 0.6 is 0 Å². The maximum Gasteiger partial charge on any atom is 0.417 e. The Bertz CT molecular complexity index is 994. The molecule has 4 rings (SSSR count). The molecule has 1 amide bonds. The summed E-state index contributed by atoms with van der Waals surface area (Å²) in [6.07, 6.45) is -2.03. The molecule has 1 aliphatic rings. The van der Waals surface area contributed by atoms with E-state index in [1.54, 1.807) is 17.9 Å². The van der Waals surface area contributed by atoms with Gasteiger partial charge >= 0.3 is 6.18 Å². The van der Waals surface area contributed by atoms with Gasteiger partial charge in [0, 0.05) is 31.3 Å². The summed E-state index contributed by atoms with van der Waals surface area (Å²) in [7, 11) is 0. The molecule has 10 heteroatoms. The van der Waals surface area contributed by atoms with Gasteiger partial charge in [0.25, 0.3) is 5.91 Å². The van der Waals surface area contributed by atoms with Crippen LogP contribution in [-0.2, 0) is 6.18 Å². The van der Waals surface area contributed by atoms with E-state index in [2.05, 4.69) is 15.4 Å². The van der Waals surface area contributed by atoms with Crippen LogP contribution in [-0.4, -0.2) is 43.7 Å². The third-order valence-electron chi connectivity index (χ3n) is 4.67. The van der Waals surface area contributed by atoms with Crippen molar-refractivity contribution in [1.29, 1.82) is 0 Å². The minimum absolute atomic E-state index is 0.151. The number of likely N-dealkylation sites (tertiary alicyclic amines) is 1. The summed E-state index contributed by atoms with van der Waals surface area (Å²) in [5.74, 6) is 0.0660. The largest absolute Gasteiger partial charge is 0.417 e. The highest BCUT2D eigenvalue weighted by Crippen LogP contribution is 2.31. The molecule has 0 N–H and O–H groups in total. The summed E-state index contributed by atoms with van der Waals surface area (Å²) in [5.41, 5.74) is 0.180. The molecule has 0 aliphatic carbocycles. The number of amides is 1. The molecule has 142 valence electrons. The molecule has 0 spiro atoms. The van der Waals surface area contributed by atoms with E-state index in [1.165, 1.54) is 10.5 Å². The first-order valence-corrected chi connectivity index (χ1v) is 8.47. The Balaban J connectivity index is 1.62. The standard InChI is InChI=1S/C17H16F3N5O2/c1-10-7-13(27-23-10)16(26)24-6-2-3-11(8-24)15-22-21-14-5-4-12(9-25(14)15)17(18,19)20/h4-5,7,9,11H,2-3,6,8H2,1H3. The van der Waals surface area contributed by atoms with E-state index in [-0.39, 0.29) is 17.6 Å². The number of carbonyl (C=O) groups excluding carboxylic acids is 1. The lowest BCUT2D eigenvalue weighted by molar-refractivity contribution is -0.137. The number of hydrogen-bond acceptors (Lipinski definition) is 5. The lowest BCUT2D eigenvalue weighted by atomic mass is 9.97. The molecule has 1 unspecified atom stereocenters. The van der Waals surface area contributed by atoms with Crippen molar-refractivity contribution in [1.82, 2.24) is 24.7 Å². The minimum atomic E-state index is -4.45. The third-order valence-corrected chi connectivity index (χ3v) is 4.67. The fourth-order valence-electron chi connectivity index (χ4n) is 3.35. The fraction of sp³-hybridized carbons (Fsp3) is 0.412. The Labute approximate surface area is 151 Å². The van der Waals surface area contributed by atoms with Crippen LogP contribution < -0.4 is 0 Å². The second-order valence-corrected chi connectivity index (χ2v) is 6.62. The Kier molecular flexibility index (Phi) is 4.12. The first kappa shape index (κ1) is 17.5. The molecule has 1 atom stereocenters. The van der Waals surface area contributed by atoms with Gasteiger partial charge in [0.15, 0.2) is 5.65 Å². The van der Waals surface area contributed by atoms with Gasteiger partial charge in [0.1, 0.15) is 5.82 Å². The lowest BCUT2D eigenvalue weighted by Crippen LogP contribution is -2.39. The van der Waals surface area contributed by atoms with Gasteiger partial charge in [-0.25, -0.2) is 0 Å². The average Bonchev–Trinajstić information content (AvgIpc) is 3.26. The van der Waals surface area contributed by atoms with Crippen LogP contribution in [0, 0.1) is 6.92 Å². The number of rotatable bonds is 2. The number of hydrogen-bond donors (Lipinski definition) is 0. The van der Waals surface area contributed by atoms with Crippen LogP contribution in [0.5, 0.6) is 0 Å². The van der Waals surface area contributed by atoms with Crippen LogP contribution in [0.1, 0.15) is 46.4 Å². The van der Waals surface area contributed by atoms with Crippen molar-refractivity contribution < 1.29 is 22.5 Å². The maximum absolute atomic E-state index is 13.0. The normalized spacial score (nSPS) is 18.2. The molecule has 0 bridgehead atoms. The summed E-state index contributed by atoms with van der Waals surface area (Å²) in [4.78, 5) is 14.2. The number of carbonyl (C=O) groups is 1. The molecule has 1 aliphatic heterocycles. The van der Waals surface area contributed by atoms with Crippen molar-refractivity contribution in [3.05, 3.63) is 47.2 Å². The zero-order valence-corrected chi connectivity index (χ0v) is 14.4. The average molecular weight is 379 g/mol. The van der Waals surface area contributed by atoms with Gasteiger partial charge in [-0.1, -0.05) is 5.16 Å². The second kappa shape index (κ2) is 6.36. The summed E-state index contributed by atoms with van der Waals surface area (Å²) in [6, 6.07) is 3.84. The Morgan fingerprint density at radius 1 is 1.30 bits per heavy atom. The quantitative estimate of drug-likeness (QED) is 0.684. The van der Waals surface area contributed by atoms with E-state index in [0.29, 0.717) is 43.1 Å². The van der Waals surface area contributed by atoms with Gasteiger partial charge in [-0.05, 0) is 31.9 Å². The summed E-state index contributed by atoms with van der Waals surface area (Å²) in [6.45, 7) is 2.59. The van der Waals surface area contributed by atoms with Crippen LogP contribution in [0.4, 0.5) is 13.2 Å². The summed E-state index contributed by atoms with van der Waals surface area (Å²) in [5, 5.41) is 11.8. The topological polar surface area (TPSA) is 76.5 Å². The van der Waals surface area contributed by atoms with Crippen LogP contribution in [0.25, 0.3) is 5.65 Å². The SMILES string of the molecule is Cc1cc(C(=O)N2CCCC(c3nnc4ccc(C(F)(F)F)cn34)C2)on1. The zero-order valence-electron chi connectivity index (χ0n) is 14.4. The molecular formula is C17H16F3N5O2. The van der Waals surface area contributed by atoms with Crippen LogP contribution in [0.3, 0.4) is 0 Å². The van der Waals surface area contributed by atoms with Gasteiger partial charge in [-0.3, -0.25) is 9.20 Å². The van der Waals surface area contributed by atoms with Gasteiger partial charge in [-0.15, -0.1) is 10.2 Å². The smallest absolute Gasteiger partial charge is 0.351 e. The lowest BCUT2D eigenvalue weighted by Gasteiger charge is -2.31. The molecule has 1 fully saturated rings. The van der Waals surface area contributed by atoms with Crippen molar-refractivity contribution in [2.45, 2.75) is 31.9 Å². The van der Waals surface area contributed by atoms with Gasteiger partial charge in [0.05, 0.1) is 11.3 Å². The number of halogens is 3. The highest BCUT2D eigenvalue weighted by Gasteiger charge is 2.33. The van der Waals surface area contributed by atoms with Gasteiger partial charge < -0.3 is 9.42 Å². The highest BCUT2D eigenvalue weighted by molar-refractivity contribution is 5.91. The van der Waals surface area contributed by atoms with E-state index < -0.39 is 11.7 Å². The fourth-order valence-corrected chi connectivity index (χ4v) is 3.35. The molecule has 4 heterocycles. The molecule has 0 radical (unpaired) electrons. The Morgan fingerprint density at radius 2 is 2.11 bits per heavy atom. The van der Waals surface area contributed by atoms with E-state index >= 15 is 0 Å². The molecule has 3 aromatic heterocycles. The first-order valence-electron chi connectivity index (χ1n) is 8.47. The second-order valence-electron chi connectivity index (χ2n) is 6.62. The molecule has 3 aromatic rings. The van der Waals surface area contributed by atoms with Crippen molar-refractivity contribution in [2.24, 2.45) is 0 Å². The zero-order chi connectivity index (χ0) is 19.2. The number of aromatic nitrogens is 4. The molecule has 0 aromatic carbocycles. The molecule has 0 saturated carbocycles. The first-order chi connectivity index (χ1) is 12.8. The van der Waals surface area contributed by atoms with Gasteiger partial charge in [-0.2, -0.15) is 13.2 Å². The number of alkyl halides is 3. The molecule has 7 nitrogen and oxygen atoms in total. The predicted molar refractivity (Wildman–Crippen MR) is 87.1 cm³/mol. The summed E-state index contributed by atoms with van der Waals surface area (Å²) >= 11 is 0. The van der Waals surface area contributed by atoms with Crippen molar-refractivity contribution in [3.8, 4) is 0 Å². The van der Waals surface area contributed by atoms with Crippen molar-refractivity contribution in [3.63, 3.8) is 0 Å². The number of piperidine rings is 1. The summed E-state index contributed by atoms with van der Waals surface area (Å²) < 4.78 is 45.5. The highest BCUT2D eigenvalue weighted by atomic mass is 19.4. The monoisotopic (exact) mass is 379 g/mol. The van der Waals surface area contributed by atoms with E-state index in [0.717, 1.165) is 12.3 Å². The minimum Gasteiger partial charge on any atom is -0.351 e. The number of aryl methyl sites for hydroxylation is 1. The molecule has 1 saturated heterocycles. The predicted octanol–water partition coefficient (Wildman–Crippen LogP) is 3.06. The number of nitrogens with zero attached hydrogens (tertiary/aromatic N) is 5. The Hall–Kier alpha value is -2.91.